The van der Waals surface area contributed by atoms with Crippen LogP contribution in [0.25, 0.3) is 11.1 Å². The number of fused-ring (bicyclic) bond motifs is 3. The second kappa shape index (κ2) is 19.9. The lowest BCUT2D eigenvalue weighted by atomic mass is 9.79. The Kier molecular flexibility index (Phi) is 13.9. The lowest BCUT2D eigenvalue weighted by Gasteiger charge is -2.41. The molecule has 10 heteroatoms. The second-order valence-electron chi connectivity index (χ2n) is 17.7. The molecule has 8 rings (SSSR count). The van der Waals surface area contributed by atoms with Crippen molar-refractivity contribution in [2.75, 3.05) is 33.8 Å². The molecule has 1 aliphatic heterocycles. The highest BCUT2D eigenvalue weighted by atomic mass is 35.5. The number of hydrogen-bond acceptors (Lipinski definition) is 6. The second-order valence-corrected chi connectivity index (χ2v) is 18.1. The van der Waals surface area contributed by atoms with Crippen LogP contribution in [0.15, 0.2) is 127 Å². The molecule has 64 heavy (non-hydrogen) atoms. The lowest BCUT2D eigenvalue weighted by molar-refractivity contribution is -0.160. The van der Waals surface area contributed by atoms with Crippen LogP contribution in [0, 0.1) is 12.8 Å². The molecule has 0 spiro atoms. The molecule has 0 radical (unpaired) electrons. The van der Waals surface area contributed by atoms with Crippen LogP contribution in [0.3, 0.4) is 0 Å². The van der Waals surface area contributed by atoms with Crippen LogP contribution in [0.1, 0.15) is 97.1 Å². The fourth-order valence-corrected chi connectivity index (χ4v) is 10.5. The van der Waals surface area contributed by atoms with Crippen LogP contribution in [-0.4, -0.2) is 84.5 Å². The van der Waals surface area contributed by atoms with E-state index in [2.05, 4.69) is 24.3 Å². The van der Waals surface area contributed by atoms with E-state index in [0.717, 1.165) is 79.2 Å². The topological polar surface area (TPSA) is 96.5 Å². The van der Waals surface area contributed by atoms with E-state index in [4.69, 9.17) is 21.1 Å². The van der Waals surface area contributed by atoms with Crippen molar-refractivity contribution in [1.29, 1.82) is 0 Å². The predicted octanol–water partition coefficient (Wildman–Crippen LogP) is 10.5. The SMILES string of the molecule is Cc1ccc(C(OC(=O)C[C@@H](C(=O)N2CCCCC2)N(C)C(=O)[C@H](C2CCCCC2)N(C)C(=O)OCC2c3ccccc3-c3ccccc32)(c2ccccc2)c2ccccc2Cl)cc1. The molecule has 2 aliphatic carbocycles. The van der Waals surface area contributed by atoms with Crippen molar-refractivity contribution in [1.82, 2.24) is 14.7 Å². The fraction of sp³-hybridized carbons (Fsp3) is 0.370. The Labute approximate surface area is 382 Å². The third kappa shape index (κ3) is 9.05. The number of piperidine rings is 1. The van der Waals surface area contributed by atoms with Gasteiger partial charge in [0.15, 0.2) is 5.60 Å². The zero-order chi connectivity index (χ0) is 44.8. The zero-order valence-corrected chi connectivity index (χ0v) is 37.8. The highest BCUT2D eigenvalue weighted by molar-refractivity contribution is 6.31. The van der Waals surface area contributed by atoms with Gasteiger partial charge < -0.3 is 19.3 Å². The van der Waals surface area contributed by atoms with Gasteiger partial charge in [0, 0.05) is 54.8 Å². The normalized spacial score (nSPS) is 17.0. The van der Waals surface area contributed by atoms with E-state index in [1.165, 1.54) is 9.80 Å². The molecule has 0 bridgehead atoms. The quantitative estimate of drug-likeness (QED) is 0.0863. The molecule has 3 amide bonds. The highest BCUT2D eigenvalue weighted by Crippen LogP contribution is 2.46. The van der Waals surface area contributed by atoms with Crippen LogP contribution in [-0.2, 0) is 29.5 Å². The van der Waals surface area contributed by atoms with E-state index in [9.17, 15) is 14.4 Å². The molecule has 1 saturated heterocycles. The number of benzene rings is 5. The molecule has 0 N–H and O–H groups in total. The minimum absolute atomic E-state index is 0.107. The number of likely N-dealkylation sites (tertiary alicyclic amines) is 1. The number of rotatable bonds is 13. The first-order valence-electron chi connectivity index (χ1n) is 22.8. The maximum absolute atomic E-state index is 15.2. The lowest BCUT2D eigenvalue weighted by Crippen LogP contribution is -2.58. The summed E-state index contributed by atoms with van der Waals surface area (Å²) in [7, 11) is 3.21. The molecular formula is C54H58ClN3O6. The summed E-state index contributed by atoms with van der Waals surface area (Å²) in [5.41, 5.74) is 5.88. The first-order valence-corrected chi connectivity index (χ1v) is 23.2. The Morgan fingerprint density at radius 3 is 1.89 bits per heavy atom. The largest absolute Gasteiger partial charge is 0.448 e. The third-order valence-electron chi connectivity index (χ3n) is 13.7. The minimum Gasteiger partial charge on any atom is -0.448 e. The van der Waals surface area contributed by atoms with Crippen LogP contribution >= 0.6 is 11.6 Å². The smallest absolute Gasteiger partial charge is 0.410 e. The van der Waals surface area contributed by atoms with Gasteiger partial charge in [-0.15, -0.1) is 0 Å². The Morgan fingerprint density at radius 2 is 1.25 bits per heavy atom. The van der Waals surface area contributed by atoms with Crippen molar-refractivity contribution in [3.05, 3.63) is 166 Å². The molecule has 3 atom stereocenters. The van der Waals surface area contributed by atoms with Crippen molar-refractivity contribution in [2.24, 2.45) is 5.92 Å². The van der Waals surface area contributed by atoms with Gasteiger partial charge in [-0.05, 0) is 73.3 Å². The van der Waals surface area contributed by atoms with Crippen molar-refractivity contribution >= 4 is 35.5 Å². The number of amides is 3. The monoisotopic (exact) mass is 879 g/mol. The zero-order valence-electron chi connectivity index (χ0n) is 37.1. The van der Waals surface area contributed by atoms with Crippen LogP contribution in [0.5, 0.6) is 0 Å². The summed E-state index contributed by atoms with van der Waals surface area (Å²) < 4.78 is 12.9. The Morgan fingerprint density at radius 1 is 0.688 bits per heavy atom. The molecule has 5 aromatic rings. The third-order valence-corrected chi connectivity index (χ3v) is 14.0. The van der Waals surface area contributed by atoms with Gasteiger partial charge in [-0.1, -0.05) is 158 Å². The molecule has 3 aliphatic rings. The van der Waals surface area contributed by atoms with Crippen molar-refractivity contribution in [2.45, 2.75) is 88.3 Å². The molecule has 5 aromatic carbocycles. The van der Waals surface area contributed by atoms with Crippen molar-refractivity contribution in [3.63, 3.8) is 0 Å². The number of aryl methyl sites for hydroxylation is 1. The van der Waals surface area contributed by atoms with E-state index in [0.29, 0.717) is 34.8 Å². The van der Waals surface area contributed by atoms with E-state index in [1.54, 1.807) is 25.1 Å². The van der Waals surface area contributed by atoms with Crippen LogP contribution in [0.4, 0.5) is 4.79 Å². The molecule has 332 valence electrons. The fourth-order valence-electron chi connectivity index (χ4n) is 10.2. The maximum atomic E-state index is 15.2. The summed E-state index contributed by atoms with van der Waals surface area (Å²) >= 11 is 6.99. The number of carbonyl (C=O) groups excluding carboxylic acids is 4. The first-order chi connectivity index (χ1) is 31.1. The van der Waals surface area contributed by atoms with Gasteiger partial charge in [-0.25, -0.2) is 4.79 Å². The summed E-state index contributed by atoms with van der Waals surface area (Å²) in [6.45, 7) is 3.14. The summed E-state index contributed by atoms with van der Waals surface area (Å²) in [6.07, 6.45) is 5.98. The first kappa shape index (κ1) is 44.7. The van der Waals surface area contributed by atoms with Gasteiger partial charge in [-0.3, -0.25) is 19.3 Å². The molecule has 1 saturated carbocycles. The van der Waals surface area contributed by atoms with Gasteiger partial charge in [0.25, 0.3) is 0 Å². The Hall–Kier alpha value is -5.93. The standard InChI is InChI=1S/C54H58ClN3O6/c1-37-29-31-40(32-30-37)54(39-21-9-5-10-22-39,46-27-15-16-28-47(46)55)64-49(59)35-48(51(60)58-33-17-6-18-34-58)56(2)52(61)50(38-19-7-4-8-20-38)57(3)53(62)63-36-45-43-25-13-11-23-41(43)42-24-12-14-26-44(42)45/h5,9-16,21-32,38,45,48,50H,4,6-8,17-20,33-36H2,1-3H3/t48-,50-,54?/m0/s1. The van der Waals surface area contributed by atoms with Crippen LogP contribution < -0.4 is 0 Å². The molecule has 9 nitrogen and oxygen atoms in total. The molecule has 1 heterocycles. The molecular weight excluding hydrogens is 822 g/mol. The van der Waals surface area contributed by atoms with Gasteiger partial charge in [-0.2, -0.15) is 0 Å². The summed E-state index contributed by atoms with van der Waals surface area (Å²) in [6, 6.07) is 38.8. The molecule has 0 aromatic heterocycles. The minimum atomic E-state index is -1.50. The predicted molar refractivity (Wildman–Crippen MR) is 250 cm³/mol. The maximum Gasteiger partial charge on any atom is 0.410 e. The number of nitrogens with zero attached hydrogens (tertiary/aromatic N) is 3. The number of likely N-dealkylation sites (N-methyl/N-ethyl adjacent to an activating group) is 2. The molecule has 1 unspecified atom stereocenters. The van der Waals surface area contributed by atoms with Gasteiger partial charge >= 0.3 is 12.1 Å². The average molecular weight is 881 g/mol. The highest BCUT2D eigenvalue weighted by Gasteiger charge is 2.46. The Bertz CT molecular complexity index is 2400. The number of halogens is 1. The number of hydrogen-bond donors (Lipinski definition) is 0. The van der Waals surface area contributed by atoms with E-state index in [-0.39, 0.29) is 24.3 Å². The summed E-state index contributed by atoms with van der Waals surface area (Å²) in [4.78, 5) is 63.8. The van der Waals surface area contributed by atoms with Gasteiger partial charge in [0.2, 0.25) is 11.8 Å². The Balaban J connectivity index is 1.10. The molecule has 2 fully saturated rings. The van der Waals surface area contributed by atoms with Crippen LogP contribution in [0.2, 0.25) is 5.02 Å². The van der Waals surface area contributed by atoms with E-state index in [1.807, 2.05) is 104 Å². The number of carbonyl (C=O) groups is 4. The van der Waals surface area contributed by atoms with E-state index < -0.39 is 42.1 Å². The van der Waals surface area contributed by atoms with Gasteiger partial charge in [0.1, 0.15) is 18.7 Å². The number of esters is 1. The van der Waals surface area contributed by atoms with Gasteiger partial charge in [0.05, 0.1) is 6.42 Å². The number of ether oxygens (including phenoxy) is 2. The van der Waals surface area contributed by atoms with Crippen molar-refractivity contribution in [3.8, 4) is 11.1 Å². The average Bonchev–Trinajstić information content (AvgIpc) is 3.66. The van der Waals surface area contributed by atoms with Crippen molar-refractivity contribution < 1.29 is 28.7 Å². The summed E-state index contributed by atoms with van der Waals surface area (Å²) in [5, 5.41) is 0.402. The summed E-state index contributed by atoms with van der Waals surface area (Å²) in [5.74, 6) is -1.73. The van der Waals surface area contributed by atoms with E-state index >= 15 is 4.79 Å².